The van der Waals surface area contributed by atoms with Crippen molar-refractivity contribution in [2.75, 3.05) is 5.73 Å². The number of aryl methyl sites for hydroxylation is 2. The Labute approximate surface area is 189 Å². The van der Waals surface area contributed by atoms with Crippen molar-refractivity contribution in [3.8, 4) is 22.6 Å². The molecule has 4 aromatic heterocycles. The fourth-order valence-electron chi connectivity index (χ4n) is 4.03. The lowest BCUT2D eigenvalue weighted by molar-refractivity contribution is 0.628. The smallest absolute Gasteiger partial charge is 0.125 e. The van der Waals surface area contributed by atoms with Crippen molar-refractivity contribution < 1.29 is 4.39 Å². The number of aromatic nitrogens is 6. The molecule has 5 rings (SSSR count). The first-order valence-electron chi connectivity index (χ1n) is 10.4. The summed E-state index contributed by atoms with van der Waals surface area (Å²) in [5.74, 6) is -0.387. The van der Waals surface area contributed by atoms with E-state index in [1.165, 1.54) is 12.1 Å². The van der Waals surface area contributed by atoms with Gasteiger partial charge in [0.1, 0.15) is 11.5 Å². The second-order valence-electron chi connectivity index (χ2n) is 7.90. The minimum absolute atomic E-state index is 0.363. The SMILES string of the molecule is C=C/C=C(/c1cc(N)cc(F)c1)c1cc(-c2n[nH]c3cnc(-c4cnn(C)c4)cc23)[nH]c1C. The van der Waals surface area contributed by atoms with Crippen molar-refractivity contribution in [2.45, 2.75) is 6.92 Å². The van der Waals surface area contributed by atoms with E-state index >= 15 is 0 Å². The van der Waals surface area contributed by atoms with E-state index < -0.39 is 0 Å². The summed E-state index contributed by atoms with van der Waals surface area (Å²) in [6.07, 6.45) is 8.99. The number of halogens is 1. The predicted molar refractivity (Wildman–Crippen MR) is 129 cm³/mol. The van der Waals surface area contributed by atoms with E-state index in [0.717, 1.165) is 50.4 Å². The maximum absolute atomic E-state index is 14.1. The van der Waals surface area contributed by atoms with Crippen molar-refractivity contribution >= 4 is 22.2 Å². The third kappa shape index (κ3) is 3.71. The van der Waals surface area contributed by atoms with Crippen molar-refractivity contribution in [1.82, 2.24) is 29.9 Å². The molecule has 0 aliphatic heterocycles. The highest BCUT2D eigenvalue weighted by Crippen LogP contribution is 2.34. The molecule has 4 heterocycles. The van der Waals surface area contributed by atoms with Crippen LogP contribution in [0.25, 0.3) is 39.1 Å². The van der Waals surface area contributed by atoms with Crippen LogP contribution in [0, 0.1) is 12.7 Å². The van der Waals surface area contributed by atoms with Crippen LogP contribution >= 0.6 is 0 Å². The Morgan fingerprint density at radius 3 is 2.76 bits per heavy atom. The van der Waals surface area contributed by atoms with Gasteiger partial charge in [-0.25, -0.2) is 4.39 Å². The maximum atomic E-state index is 14.1. The Balaban J connectivity index is 1.62. The number of hydrogen-bond donors (Lipinski definition) is 3. The number of nitrogens with two attached hydrogens (primary N) is 1. The van der Waals surface area contributed by atoms with Gasteiger partial charge in [-0.1, -0.05) is 18.7 Å². The molecule has 0 unspecified atom stereocenters. The third-order valence-corrected chi connectivity index (χ3v) is 5.52. The van der Waals surface area contributed by atoms with E-state index in [4.69, 9.17) is 5.73 Å². The number of allylic oxidation sites excluding steroid dienone is 2. The van der Waals surface area contributed by atoms with Gasteiger partial charge in [0.05, 0.1) is 29.3 Å². The van der Waals surface area contributed by atoms with Gasteiger partial charge in [-0.15, -0.1) is 0 Å². The number of H-pyrrole nitrogens is 2. The second kappa shape index (κ2) is 7.90. The number of pyridine rings is 1. The first-order valence-corrected chi connectivity index (χ1v) is 10.4. The molecule has 33 heavy (non-hydrogen) atoms. The van der Waals surface area contributed by atoms with E-state index in [2.05, 4.69) is 31.8 Å². The average Bonchev–Trinajstić information content (AvgIpc) is 3.49. The third-order valence-electron chi connectivity index (χ3n) is 5.52. The zero-order chi connectivity index (χ0) is 23.1. The molecular weight excluding hydrogens is 417 g/mol. The van der Waals surface area contributed by atoms with Crippen molar-refractivity contribution in [2.24, 2.45) is 7.05 Å². The number of hydrogen-bond acceptors (Lipinski definition) is 4. The summed E-state index contributed by atoms with van der Waals surface area (Å²) in [4.78, 5) is 7.95. The molecule has 7 nitrogen and oxygen atoms in total. The van der Waals surface area contributed by atoms with E-state index in [1.54, 1.807) is 29.2 Å². The summed E-state index contributed by atoms with van der Waals surface area (Å²) < 4.78 is 15.8. The fourth-order valence-corrected chi connectivity index (χ4v) is 4.03. The molecule has 0 bridgehead atoms. The summed E-state index contributed by atoms with van der Waals surface area (Å²) in [5, 5.41) is 12.7. The molecule has 0 fully saturated rings. The molecule has 0 atom stereocenters. The zero-order valence-electron chi connectivity index (χ0n) is 18.2. The Bertz CT molecular complexity index is 1510. The first-order chi connectivity index (χ1) is 15.9. The molecule has 0 radical (unpaired) electrons. The Morgan fingerprint density at radius 1 is 1.18 bits per heavy atom. The Hall–Kier alpha value is -4.46. The van der Waals surface area contributed by atoms with Crippen LogP contribution in [0.5, 0.6) is 0 Å². The van der Waals surface area contributed by atoms with Gasteiger partial charge in [-0.2, -0.15) is 10.2 Å². The lowest BCUT2D eigenvalue weighted by Crippen LogP contribution is -1.93. The van der Waals surface area contributed by atoms with Crippen LogP contribution in [0.1, 0.15) is 16.8 Å². The average molecular weight is 439 g/mol. The van der Waals surface area contributed by atoms with Gasteiger partial charge in [0.2, 0.25) is 0 Å². The van der Waals surface area contributed by atoms with Gasteiger partial charge in [-0.3, -0.25) is 14.8 Å². The van der Waals surface area contributed by atoms with Crippen LogP contribution in [0.15, 0.2) is 67.7 Å². The number of nitrogens with one attached hydrogen (secondary N) is 2. The molecule has 0 saturated carbocycles. The first kappa shape index (κ1) is 20.4. The number of nitrogens with zero attached hydrogens (tertiary/aromatic N) is 4. The lowest BCUT2D eigenvalue weighted by Gasteiger charge is -2.08. The van der Waals surface area contributed by atoms with Gasteiger partial charge in [0.25, 0.3) is 0 Å². The van der Waals surface area contributed by atoms with E-state index in [-0.39, 0.29) is 5.82 Å². The highest BCUT2D eigenvalue weighted by Gasteiger charge is 2.17. The summed E-state index contributed by atoms with van der Waals surface area (Å²) >= 11 is 0. The summed E-state index contributed by atoms with van der Waals surface area (Å²) in [7, 11) is 1.87. The normalized spacial score (nSPS) is 11.9. The standard InChI is InChI=1S/C25H22FN7/c1-4-5-19(15-6-17(26)8-18(27)7-15)20-9-23(30-14(20)2)25-21-10-22(16-11-29-33(3)13-16)28-12-24(21)31-32-25/h4-13,30H,1,27H2,2-3H3,(H,31,32)/b19-5-. The predicted octanol–water partition coefficient (Wildman–Crippen LogP) is 5.00. The van der Waals surface area contributed by atoms with Crippen LogP contribution in [0.2, 0.25) is 0 Å². The van der Waals surface area contributed by atoms with Gasteiger partial charge >= 0.3 is 0 Å². The van der Waals surface area contributed by atoms with Crippen molar-refractivity contribution in [3.63, 3.8) is 0 Å². The molecule has 0 saturated heterocycles. The number of anilines is 1. The molecule has 5 aromatic rings. The van der Waals surface area contributed by atoms with Gasteiger partial charge in [-0.05, 0) is 48.4 Å². The van der Waals surface area contributed by atoms with Gasteiger partial charge in [0.15, 0.2) is 0 Å². The molecule has 0 aliphatic rings. The maximum Gasteiger partial charge on any atom is 0.125 e. The van der Waals surface area contributed by atoms with E-state index in [9.17, 15) is 4.39 Å². The number of rotatable bonds is 5. The summed E-state index contributed by atoms with van der Waals surface area (Å²) in [6, 6.07) is 8.52. The number of benzene rings is 1. The molecular formula is C25H22FN7. The molecule has 0 spiro atoms. The number of nitrogen functional groups attached to an aromatic ring is 1. The Morgan fingerprint density at radius 2 is 2.03 bits per heavy atom. The van der Waals surface area contributed by atoms with Gasteiger partial charge < -0.3 is 10.7 Å². The largest absolute Gasteiger partial charge is 0.399 e. The molecule has 0 aliphatic carbocycles. The summed E-state index contributed by atoms with van der Waals surface area (Å²) in [5.41, 5.74) is 13.7. The highest BCUT2D eigenvalue weighted by atomic mass is 19.1. The van der Waals surface area contributed by atoms with Crippen LogP contribution in [0.4, 0.5) is 10.1 Å². The Kier molecular flexibility index (Phi) is 4.90. The molecule has 1 aromatic carbocycles. The molecule has 164 valence electrons. The van der Waals surface area contributed by atoms with Crippen molar-refractivity contribution in [1.29, 1.82) is 0 Å². The second-order valence-corrected chi connectivity index (χ2v) is 7.90. The summed E-state index contributed by atoms with van der Waals surface area (Å²) in [6.45, 7) is 5.79. The highest BCUT2D eigenvalue weighted by molar-refractivity contribution is 5.95. The lowest BCUT2D eigenvalue weighted by atomic mass is 9.96. The van der Waals surface area contributed by atoms with Crippen LogP contribution in [0.3, 0.4) is 0 Å². The minimum Gasteiger partial charge on any atom is -0.399 e. The van der Waals surface area contributed by atoms with E-state index in [0.29, 0.717) is 11.3 Å². The monoisotopic (exact) mass is 439 g/mol. The van der Waals surface area contributed by atoms with Crippen LogP contribution in [-0.2, 0) is 7.05 Å². The zero-order valence-corrected chi connectivity index (χ0v) is 18.2. The number of fused-ring (bicyclic) bond motifs is 1. The number of aromatic amines is 2. The quantitative estimate of drug-likeness (QED) is 0.265. The van der Waals surface area contributed by atoms with E-state index in [1.807, 2.05) is 38.4 Å². The molecule has 0 amide bonds. The van der Waals surface area contributed by atoms with Crippen molar-refractivity contribution in [3.05, 3.63) is 90.3 Å². The van der Waals surface area contributed by atoms with Crippen LogP contribution in [-0.4, -0.2) is 29.9 Å². The van der Waals surface area contributed by atoms with Crippen LogP contribution < -0.4 is 5.73 Å². The topological polar surface area (TPSA) is 101 Å². The minimum atomic E-state index is -0.387. The molecule has 8 heteroatoms. The molecule has 4 N–H and O–H groups in total. The van der Waals surface area contributed by atoms with Gasteiger partial charge in [0, 0.05) is 41.1 Å². The fraction of sp³-hybridized carbons (Fsp3) is 0.0800.